The van der Waals surface area contributed by atoms with E-state index in [2.05, 4.69) is 10.6 Å². The number of carboxylic acid groups (broad SMARTS) is 2. The fourth-order valence-electron chi connectivity index (χ4n) is 1.98. The fourth-order valence-corrected chi connectivity index (χ4v) is 1.98. The Kier molecular flexibility index (Phi) is 10.7. The van der Waals surface area contributed by atoms with Crippen molar-refractivity contribution in [1.82, 2.24) is 16.0 Å². The first kappa shape index (κ1) is 25.2. The third-order valence-electron chi connectivity index (χ3n) is 3.59. The fraction of sp³-hybridized carbons (Fsp3) is 0.667. The zero-order valence-corrected chi connectivity index (χ0v) is 15.4. The highest BCUT2D eigenvalue weighted by Crippen LogP contribution is 2.05. The van der Waals surface area contributed by atoms with E-state index in [1.165, 1.54) is 13.8 Å². The molecule has 0 aliphatic heterocycles. The topological polar surface area (TPSA) is 228 Å². The molecular formula is C15H26N4O9. The van der Waals surface area contributed by atoms with E-state index in [4.69, 9.17) is 26.2 Å². The predicted octanol–water partition coefficient (Wildman–Crippen LogP) is -4.03. The molecule has 3 amide bonds. The number of hydrogen-bond donors (Lipinski definition) is 8. The molecular weight excluding hydrogens is 380 g/mol. The first-order chi connectivity index (χ1) is 12.9. The van der Waals surface area contributed by atoms with Gasteiger partial charge >= 0.3 is 11.9 Å². The number of aliphatic hydroxyl groups is 2. The quantitative estimate of drug-likeness (QED) is 0.156. The SMILES string of the molecule is CC(C)C(NC(=O)C(CC(=O)O)NC(=O)C(N)CO)C(=O)NC(CO)C(=O)O. The molecule has 0 aliphatic carbocycles. The molecule has 0 bridgehead atoms. The van der Waals surface area contributed by atoms with Gasteiger partial charge in [-0.3, -0.25) is 19.2 Å². The van der Waals surface area contributed by atoms with Crippen LogP contribution in [0.2, 0.25) is 0 Å². The maximum Gasteiger partial charge on any atom is 0.328 e. The van der Waals surface area contributed by atoms with Crippen LogP contribution in [0.15, 0.2) is 0 Å². The van der Waals surface area contributed by atoms with Gasteiger partial charge in [0.2, 0.25) is 17.7 Å². The highest BCUT2D eigenvalue weighted by molar-refractivity contribution is 5.95. The molecule has 28 heavy (non-hydrogen) atoms. The van der Waals surface area contributed by atoms with E-state index in [0.717, 1.165) is 0 Å². The van der Waals surface area contributed by atoms with Gasteiger partial charge in [0.05, 0.1) is 19.6 Å². The Balaban J connectivity index is 5.32. The van der Waals surface area contributed by atoms with Gasteiger partial charge in [-0.25, -0.2) is 4.79 Å². The van der Waals surface area contributed by atoms with Gasteiger partial charge in [0.25, 0.3) is 0 Å². The van der Waals surface area contributed by atoms with Crippen LogP contribution in [0.3, 0.4) is 0 Å². The first-order valence-electron chi connectivity index (χ1n) is 8.27. The molecule has 13 nitrogen and oxygen atoms in total. The second-order valence-corrected chi connectivity index (χ2v) is 6.26. The van der Waals surface area contributed by atoms with Crippen molar-refractivity contribution in [2.24, 2.45) is 11.7 Å². The van der Waals surface area contributed by atoms with Gasteiger partial charge in [-0.2, -0.15) is 0 Å². The third kappa shape index (κ3) is 8.28. The number of nitrogens with two attached hydrogens (primary N) is 1. The molecule has 0 rings (SSSR count). The number of aliphatic hydroxyl groups excluding tert-OH is 2. The molecule has 0 saturated carbocycles. The number of aliphatic carboxylic acids is 2. The first-order valence-corrected chi connectivity index (χ1v) is 8.27. The lowest BCUT2D eigenvalue weighted by Crippen LogP contribution is -2.59. The lowest BCUT2D eigenvalue weighted by Gasteiger charge is -2.26. The second-order valence-electron chi connectivity index (χ2n) is 6.26. The van der Waals surface area contributed by atoms with Crippen LogP contribution in [-0.2, 0) is 24.0 Å². The average molecular weight is 406 g/mol. The van der Waals surface area contributed by atoms with E-state index in [9.17, 15) is 24.0 Å². The van der Waals surface area contributed by atoms with Crippen LogP contribution in [-0.4, -0.2) is 87.5 Å². The molecule has 0 heterocycles. The maximum atomic E-state index is 12.4. The molecule has 0 aromatic heterocycles. The summed E-state index contributed by atoms with van der Waals surface area (Å²) in [7, 11) is 0. The summed E-state index contributed by atoms with van der Waals surface area (Å²) in [6.45, 7) is 1.45. The van der Waals surface area contributed by atoms with Crippen molar-refractivity contribution in [2.45, 2.75) is 44.4 Å². The molecule has 0 aromatic rings. The molecule has 13 heteroatoms. The van der Waals surface area contributed by atoms with Crippen molar-refractivity contribution in [3.05, 3.63) is 0 Å². The van der Waals surface area contributed by atoms with Crippen LogP contribution < -0.4 is 21.7 Å². The van der Waals surface area contributed by atoms with Gasteiger partial charge in [0.15, 0.2) is 0 Å². The number of carbonyl (C=O) groups excluding carboxylic acids is 3. The Morgan fingerprint density at radius 1 is 0.821 bits per heavy atom. The number of carboxylic acids is 2. The minimum atomic E-state index is -1.59. The Bertz CT molecular complexity index is 596. The van der Waals surface area contributed by atoms with Gasteiger partial charge in [0, 0.05) is 0 Å². The third-order valence-corrected chi connectivity index (χ3v) is 3.59. The average Bonchev–Trinajstić information content (AvgIpc) is 2.61. The number of amides is 3. The van der Waals surface area contributed by atoms with E-state index in [-0.39, 0.29) is 0 Å². The van der Waals surface area contributed by atoms with Crippen molar-refractivity contribution in [1.29, 1.82) is 0 Å². The molecule has 4 atom stereocenters. The lowest BCUT2D eigenvalue weighted by molar-refractivity contribution is -0.144. The van der Waals surface area contributed by atoms with Crippen LogP contribution in [0.25, 0.3) is 0 Å². The smallest absolute Gasteiger partial charge is 0.328 e. The number of hydrogen-bond acceptors (Lipinski definition) is 8. The Hall–Kier alpha value is -2.77. The minimum absolute atomic E-state index is 0.544. The van der Waals surface area contributed by atoms with E-state index < -0.39 is 79.4 Å². The number of rotatable bonds is 12. The summed E-state index contributed by atoms with van der Waals surface area (Å²) in [4.78, 5) is 58.3. The monoisotopic (exact) mass is 406 g/mol. The normalized spacial score (nSPS) is 15.1. The van der Waals surface area contributed by atoms with Crippen molar-refractivity contribution in [2.75, 3.05) is 13.2 Å². The van der Waals surface area contributed by atoms with Crippen LogP contribution >= 0.6 is 0 Å². The number of carbonyl (C=O) groups is 5. The number of nitrogens with one attached hydrogen (secondary N) is 3. The summed E-state index contributed by atoms with van der Waals surface area (Å²) in [6, 6.07) is -5.85. The zero-order chi connectivity index (χ0) is 22.0. The van der Waals surface area contributed by atoms with Gasteiger partial charge in [-0.05, 0) is 5.92 Å². The molecule has 0 fully saturated rings. The summed E-state index contributed by atoms with van der Waals surface area (Å²) < 4.78 is 0. The van der Waals surface area contributed by atoms with Crippen molar-refractivity contribution < 1.29 is 44.4 Å². The largest absolute Gasteiger partial charge is 0.481 e. The van der Waals surface area contributed by atoms with E-state index >= 15 is 0 Å². The van der Waals surface area contributed by atoms with Gasteiger partial charge < -0.3 is 42.1 Å². The summed E-state index contributed by atoms with van der Waals surface area (Å²) in [5.74, 6) is -6.37. The summed E-state index contributed by atoms with van der Waals surface area (Å²) in [6.07, 6.45) is -0.823. The highest BCUT2D eigenvalue weighted by Gasteiger charge is 2.32. The second kappa shape index (κ2) is 11.8. The van der Waals surface area contributed by atoms with Crippen molar-refractivity contribution >= 4 is 29.7 Å². The molecule has 4 unspecified atom stereocenters. The standard InChI is InChI=1S/C15H26N4O9/c1-6(2)11(14(26)18-9(5-21)15(27)28)19-13(25)8(3-10(22)23)17-12(24)7(16)4-20/h6-9,11,20-21H,3-5,16H2,1-2H3,(H,17,24)(H,18,26)(H,19,25)(H,22,23)(H,27,28). The van der Waals surface area contributed by atoms with E-state index in [0.29, 0.717) is 0 Å². The predicted molar refractivity (Wildman–Crippen MR) is 92.7 cm³/mol. The van der Waals surface area contributed by atoms with Crippen LogP contribution in [0, 0.1) is 5.92 Å². The molecule has 0 radical (unpaired) electrons. The molecule has 160 valence electrons. The molecule has 0 spiro atoms. The van der Waals surface area contributed by atoms with Gasteiger partial charge in [-0.15, -0.1) is 0 Å². The molecule has 0 aromatic carbocycles. The lowest BCUT2D eigenvalue weighted by atomic mass is 10.0. The Morgan fingerprint density at radius 3 is 1.75 bits per heavy atom. The Labute approximate surface area is 160 Å². The van der Waals surface area contributed by atoms with Crippen molar-refractivity contribution in [3.8, 4) is 0 Å². The van der Waals surface area contributed by atoms with Crippen LogP contribution in [0.5, 0.6) is 0 Å². The summed E-state index contributed by atoms with van der Waals surface area (Å²) in [5, 5.41) is 42.0. The zero-order valence-electron chi connectivity index (χ0n) is 15.4. The van der Waals surface area contributed by atoms with Gasteiger partial charge in [0.1, 0.15) is 24.2 Å². The van der Waals surface area contributed by atoms with Crippen LogP contribution in [0.1, 0.15) is 20.3 Å². The Morgan fingerprint density at radius 2 is 1.36 bits per heavy atom. The van der Waals surface area contributed by atoms with Crippen molar-refractivity contribution in [3.63, 3.8) is 0 Å². The van der Waals surface area contributed by atoms with Crippen LogP contribution in [0.4, 0.5) is 0 Å². The van der Waals surface area contributed by atoms with E-state index in [1.807, 2.05) is 5.32 Å². The summed E-state index contributed by atoms with van der Waals surface area (Å²) in [5.41, 5.74) is 5.31. The highest BCUT2D eigenvalue weighted by atomic mass is 16.4. The molecule has 0 aliphatic rings. The molecule has 0 saturated heterocycles. The van der Waals surface area contributed by atoms with E-state index in [1.54, 1.807) is 0 Å². The van der Waals surface area contributed by atoms with Gasteiger partial charge in [-0.1, -0.05) is 13.8 Å². The molecule has 9 N–H and O–H groups in total. The summed E-state index contributed by atoms with van der Waals surface area (Å²) >= 11 is 0. The minimum Gasteiger partial charge on any atom is -0.481 e. The maximum absolute atomic E-state index is 12.4.